The van der Waals surface area contributed by atoms with Gasteiger partial charge in [0.05, 0.1) is 17.4 Å². The summed E-state index contributed by atoms with van der Waals surface area (Å²) in [5.74, 6) is 0. The van der Waals surface area contributed by atoms with Gasteiger partial charge in [-0.15, -0.1) is 0 Å². The Hall–Kier alpha value is -0.773. The van der Waals surface area contributed by atoms with E-state index < -0.39 is 8.32 Å². The maximum absolute atomic E-state index is 6.46. The van der Waals surface area contributed by atoms with Crippen molar-refractivity contribution in [3.8, 4) is 0 Å². The van der Waals surface area contributed by atoms with Crippen molar-refractivity contribution in [2.45, 2.75) is 51.9 Å². The van der Waals surface area contributed by atoms with Gasteiger partial charge in [-0.1, -0.05) is 38.4 Å². The number of hydrogen-bond donors (Lipinski definition) is 0. The van der Waals surface area contributed by atoms with E-state index in [1.165, 1.54) is 0 Å². The van der Waals surface area contributed by atoms with Gasteiger partial charge in [0.2, 0.25) is 0 Å². The predicted molar refractivity (Wildman–Crippen MR) is 87.9 cm³/mol. The molecule has 0 unspecified atom stereocenters. The van der Waals surface area contributed by atoms with E-state index >= 15 is 0 Å². The molecule has 110 valence electrons. The first-order valence-corrected chi connectivity index (χ1v) is 10.3. The van der Waals surface area contributed by atoms with E-state index in [1.54, 1.807) is 6.26 Å². The zero-order valence-corrected chi connectivity index (χ0v) is 14.8. The minimum absolute atomic E-state index is 0.0354. The van der Waals surface area contributed by atoms with Crippen LogP contribution in [0, 0.1) is 0 Å². The van der Waals surface area contributed by atoms with Gasteiger partial charge in [-0.05, 0) is 42.8 Å². The second-order valence-electron chi connectivity index (χ2n) is 6.82. The highest BCUT2D eigenvalue weighted by molar-refractivity contribution is 6.74. The van der Waals surface area contributed by atoms with Gasteiger partial charge in [0.1, 0.15) is 0 Å². The van der Waals surface area contributed by atoms with Crippen molar-refractivity contribution < 1.29 is 8.84 Å². The minimum Gasteiger partial charge on any atom is -0.463 e. The number of halogens is 1. The summed E-state index contributed by atoms with van der Waals surface area (Å²) in [6.07, 6.45) is 1.72. The molecule has 2 aromatic rings. The van der Waals surface area contributed by atoms with Crippen LogP contribution in [0.2, 0.25) is 23.2 Å². The molecule has 1 aromatic heterocycles. The highest BCUT2D eigenvalue weighted by Crippen LogP contribution is 2.41. The highest BCUT2D eigenvalue weighted by Gasteiger charge is 2.38. The lowest BCUT2D eigenvalue weighted by Gasteiger charge is -2.38. The third-order valence-corrected chi connectivity index (χ3v) is 9.17. The first-order chi connectivity index (χ1) is 9.13. The molecule has 1 heterocycles. The van der Waals surface area contributed by atoms with Crippen LogP contribution in [0.4, 0.5) is 0 Å². The summed E-state index contributed by atoms with van der Waals surface area (Å²) in [5.41, 5.74) is 1.89. The SMILES string of the molecule is C[C@@H](O[Si](C)(C)C(C)(C)C)c1ccc(Cl)c2occc12. The molecule has 1 aromatic carbocycles. The number of fused-ring (bicyclic) bond motifs is 1. The Morgan fingerprint density at radius 3 is 2.45 bits per heavy atom. The summed E-state index contributed by atoms with van der Waals surface area (Å²) in [6, 6.07) is 5.88. The van der Waals surface area contributed by atoms with E-state index in [1.807, 2.05) is 18.2 Å². The van der Waals surface area contributed by atoms with E-state index in [0.717, 1.165) is 16.5 Å². The van der Waals surface area contributed by atoms with Crippen molar-refractivity contribution in [2.24, 2.45) is 0 Å². The standard InChI is InChI=1S/C16H23ClO2Si/c1-11(19-20(5,6)16(2,3)4)12-7-8-14(17)15-13(12)9-10-18-15/h7-11H,1-6H3/t11-/m1/s1. The van der Waals surface area contributed by atoms with Crippen LogP contribution in [0.15, 0.2) is 28.9 Å². The molecule has 0 saturated heterocycles. The van der Waals surface area contributed by atoms with Gasteiger partial charge in [0.25, 0.3) is 0 Å². The zero-order chi connectivity index (χ0) is 15.1. The van der Waals surface area contributed by atoms with Crippen LogP contribution >= 0.6 is 11.6 Å². The first-order valence-electron chi connectivity index (χ1n) is 6.97. The molecule has 0 fully saturated rings. The lowest BCUT2D eigenvalue weighted by molar-refractivity contribution is 0.204. The highest BCUT2D eigenvalue weighted by atomic mass is 35.5. The molecule has 0 saturated carbocycles. The number of rotatable bonds is 3. The van der Waals surface area contributed by atoms with Gasteiger partial charge in [0, 0.05) is 5.39 Å². The topological polar surface area (TPSA) is 22.4 Å². The molecule has 0 radical (unpaired) electrons. The van der Waals surface area contributed by atoms with Crippen molar-refractivity contribution in [2.75, 3.05) is 0 Å². The molecular weight excluding hydrogens is 288 g/mol. The van der Waals surface area contributed by atoms with Gasteiger partial charge < -0.3 is 8.84 Å². The lowest BCUT2D eigenvalue weighted by atomic mass is 10.1. The van der Waals surface area contributed by atoms with Gasteiger partial charge in [-0.25, -0.2) is 0 Å². The normalized spacial score (nSPS) is 14.8. The van der Waals surface area contributed by atoms with Crippen LogP contribution in [-0.2, 0) is 4.43 Å². The average Bonchev–Trinajstić information content (AvgIpc) is 2.76. The Morgan fingerprint density at radius 1 is 1.20 bits per heavy atom. The van der Waals surface area contributed by atoms with E-state index in [9.17, 15) is 0 Å². The first kappa shape index (κ1) is 15.6. The van der Waals surface area contributed by atoms with E-state index in [4.69, 9.17) is 20.4 Å². The fourth-order valence-corrected chi connectivity index (χ4v) is 3.66. The molecule has 2 rings (SSSR count). The van der Waals surface area contributed by atoms with Crippen LogP contribution in [0.1, 0.15) is 39.4 Å². The van der Waals surface area contributed by atoms with Crippen molar-refractivity contribution >= 4 is 30.9 Å². The molecule has 4 heteroatoms. The quantitative estimate of drug-likeness (QED) is 0.632. The molecule has 0 N–H and O–H groups in total. The third-order valence-electron chi connectivity index (χ3n) is 4.32. The van der Waals surface area contributed by atoms with Crippen LogP contribution in [0.5, 0.6) is 0 Å². The Balaban J connectivity index is 2.35. The van der Waals surface area contributed by atoms with E-state index in [2.05, 4.69) is 40.8 Å². The minimum atomic E-state index is -1.79. The van der Waals surface area contributed by atoms with Crippen molar-refractivity contribution in [3.63, 3.8) is 0 Å². The van der Waals surface area contributed by atoms with Crippen molar-refractivity contribution in [3.05, 3.63) is 35.0 Å². The third kappa shape index (κ3) is 2.80. The second-order valence-corrected chi connectivity index (χ2v) is 12.0. The van der Waals surface area contributed by atoms with Crippen LogP contribution < -0.4 is 0 Å². The molecule has 0 aliphatic rings. The monoisotopic (exact) mass is 310 g/mol. The summed E-state index contributed by atoms with van der Waals surface area (Å²) < 4.78 is 11.9. The van der Waals surface area contributed by atoms with Crippen molar-refractivity contribution in [1.29, 1.82) is 0 Å². The van der Waals surface area contributed by atoms with Gasteiger partial charge >= 0.3 is 0 Å². The zero-order valence-electron chi connectivity index (χ0n) is 13.1. The molecule has 0 aliphatic carbocycles. The van der Waals surface area contributed by atoms with Crippen molar-refractivity contribution in [1.82, 2.24) is 0 Å². The Bertz CT molecular complexity index is 610. The summed E-state index contributed by atoms with van der Waals surface area (Å²) in [5, 5.41) is 1.89. The predicted octanol–water partition coefficient (Wildman–Crippen LogP) is 6.17. The summed E-state index contributed by atoms with van der Waals surface area (Å²) in [4.78, 5) is 0. The van der Waals surface area contributed by atoms with E-state index in [-0.39, 0.29) is 11.1 Å². The molecule has 0 spiro atoms. The van der Waals surface area contributed by atoms with E-state index in [0.29, 0.717) is 5.02 Å². The summed E-state index contributed by atoms with van der Waals surface area (Å²) in [6.45, 7) is 13.4. The molecular formula is C16H23ClO2Si. The Labute approximate surface area is 127 Å². The van der Waals surface area contributed by atoms with Gasteiger partial charge in [0.15, 0.2) is 13.9 Å². The maximum atomic E-state index is 6.46. The molecule has 0 amide bonds. The van der Waals surface area contributed by atoms with Gasteiger partial charge in [-0.2, -0.15) is 0 Å². The largest absolute Gasteiger partial charge is 0.463 e. The molecule has 0 bridgehead atoms. The molecule has 20 heavy (non-hydrogen) atoms. The lowest BCUT2D eigenvalue weighted by Crippen LogP contribution is -2.41. The molecule has 2 nitrogen and oxygen atoms in total. The average molecular weight is 311 g/mol. The summed E-state index contributed by atoms with van der Waals surface area (Å²) in [7, 11) is -1.79. The summed E-state index contributed by atoms with van der Waals surface area (Å²) >= 11 is 6.15. The molecule has 1 atom stereocenters. The number of furan rings is 1. The van der Waals surface area contributed by atoms with Gasteiger partial charge in [-0.3, -0.25) is 0 Å². The van der Waals surface area contributed by atoms with Crippen LogP contribution in [0.25, 0.3) is 11.0 Å². The number of benzene rings is 1. The van der Waals surface area contributed by atoms with Crippen LogP contribution in [0.3, 0.4) is 0 Å². The Morgan fingerprint density at radius 2 is 1.85 bits per heavy atom. The fraction of sp³-hybridized carbons (Fsp3) is 0.500. The smallest absolute Gasteiger partial charge is 0.192 e. The fourth-order valence-electron chi connectivity index (χ4n) is 2.09. The second kappa shape index (κ2) is 5.21. The van der Waals surface area contributed by atoms with Crippen LogP contribution in [-0.4, -0.2) is 8.32 Å². The molecule has 0 aliphatic heterocycles. The maximum Gasteiger partial charge on any atom is 0.192 e. The Kier molecular flexibility index (Phi) is 4.07. The number of hydrogen-bond acceptors (Lipinski definition) is 2.